The Balaban J connectivity index is 1.79. The van der Waals surface area contributed by atoms with Crippen LogP contribution in [0.1, 0.15) is 22.5 Å². The first kappa shape index (κ1) is 15.9. The summed E-state index contributed by atoms with van der Waals surface area (Å²) in [5.41, 5.74) is 2.81. The van der Waals surface area contributed by atoms with E-state index < -0.39 is 0 Å². The predicted octanol–water partition coefficient (Wildman–Crippen LogP) is 2.59. The Morgan fingerprint density at radius 3 is 2.50 bits per heavy atom. The van der Waals surface area contributed by atoms with Crippen LogP contribution in [-0.4, -0.2) is 26.7 Å². The normalized spacial score (nSPS) is 10.3. The number of carbonyl (C=O) groups excluding carboxylic acids is 1. The molecule has 22 heavy (non-hydrogen) atoms. The maximum atomic E-state index is 12.0. The van der Waals surface area contributed by atoms with Crippen LogP contribution in [0.3, 0.4) is 0 Å². The van der Waals surface area contributed by atoms with Crippen molar-refractivity contribution >= 4 is 5.91 Å². The highest BCUT2D eigenvalue weighted by molar-refractivity contribution is 5.94. The molecule has 0 fully saturated rings. The summed E-state index contributed by atoms with van der Waals surface area (Å²) in [7, 11) is 3.06. The number of aryl methyl sites for hydroxylation is 1. The third-order valence-corrected chi connectivity index (χ3v) is 3.03. The minimum absolute atomic E-state index is 0.352. The molecule has 0 aliphatic rings. The molecule has 1 N–H and O–H groups in total. The van der Waals surface area contributed by atoms with Gasteiger partial charge in [-0.2, -0.15) is 0 Å². The molecule has 0 radical (unpaired) electrons. The number of ether oxygens (including phenoxy) is 2. The van der Waals surface area contributed by atoms with Gasteiger partial charge in [0.25, 0.3) is 5.91 Å². The number of benzene rings is 1. The fourth-order valence-electron chi connectivity index (χ4n) is 1.89. The molecule has 0 saturated carbocycles. The van der Waals surface area contributed by atoms with E-state index in [-0.39, 0.29) is 5.91 Å². The predicted molar refractivity (Wildman–Crippen MR) is 80.0 cm³/mol. The summed E-state index contributed by atoms with van der Waals surface area (Å²) in [6, 6.07) is 8.67. The summed E-state index contributed by atoms with van der Waals surface area (Å²) in [5.74, 6) is 1.63. The quantitative estimate of drug-likeness (QED) is 0.599. The van der Waals surface area contributed by atoms with Crippen molar-refractivity contribution in [3.05, 3.63) is 47.9 Å². The number of methoxy groups -OCH3 is 2. The van der Waals surface area contributed by atoms with Crippen LogP contribution in [0.4, 0.5) is 0 Å². The van der Waals surface area contributed by atoms with Crippen LogP contribution >= 0.6 is 0 Å². The lowest BCUT2D eigenvalue weighted by atomic mass is 10.2. The lowest BCUT2D eigenvalue weighted by Gasteiger charge is -2.09. The average Bonchev–Trinajstić information content (AvgIpc) is 3.07. The standard InChI is InChI=1S/C16H19NO5/c1-19-14-9-12(10-15(11-14)20-2)16(18)17-22-8-4-6-13-5-3-7-21-13/h3,5,7,9-11H,4,6,8H2,1-2H3,(H,17,18). The van der Waals surface area contributed by atoms with Crippen molar-refractivity contribution < 1.29 is 23.5 Å². The van der Waals surface area contributed by atoms with Crippen LogP contribution in [-0.2, 0) is 11.3 Å². The Morgan fingerprint density at radius 2 is 1.91 bits per heavy atom. The van der Waals surface area contributed by atoms with Crippen molar-refractivity contribution in [3.63, 3.8) is 0 Å². The van der Waals surface area contributed by atoms with Crippen LogP contribution in [0, 0.1) is 0 Å². The van der Waals surface area contributed by atoms with E-state index in [1.165, 1.54) is 14.2 Å². The molecule has 0 aliphatic heterocycles. The first-order valence-corrected chi connectivity index (χ1v) is 6.90. The van der Waals surface area contributed by atoms with E-state index in [0.29, 0.717) is 23.7 Å². The van der Waals surface area contributed by atoms with Gasteiger partial charge in [0.15, 0.2) is 0 Å². The molecule has 0 bridgehead atoms. The van der Waals surface area contributed by atoms with Gasteiger partial charge < -0.3 is 13.9 Å². The summed E-state index contributed by atoms with van der Waals surface area (Å²) in [6.07, 6.45) is 3.14. The lowest BCUT2D eigenvalue weighted by Crippen LogP contribution is -2.24. The Kier molecular flexibility index (Phi) is 5.85. The van der Waals surface area contributed by atoms with E-state index in [0.717, 1.165) is 18.6 Å². The van der Waals surface area contributed by atoms with Crippen LogP contribution in [0.15, 0.2) is 41.0 Å². The van der Waals surface area contributed by atoms with Crippen LogP contribution < -0.4 is 15.0 Å². The van der Waals surface area contributed by atoms with Gasteiger partial charge in [0.05, 0.1) is 27.1 Å². The van der Waals surface area contributed by atoms with Crippen LogP contribution in [0.25, 0.3) is 0 Å². The molecule has 6 nitrogen and oxygen atoms in total. The highest BCUT2D eigenvalue weighted by Gasteiger charge is 2.09. The zero-order valence-corrected chi connectivity index (χ0v) is 12.6. The Labute approximate surface area is 128 Å². The minimum atomic E-state index is -0.352. The third kappa shape index (κ3) is 4.53. The number of furan rings is 1. The molecule has 0 atom stereocenters. The van der Waals surface area contributed by atoms with Crippen molar-refractivity contribution in [3.8, 4) is 11.5 Å². The number of carbonyl (C=O) groups is 1. The second-order valence-electron chi connectivity index (χ2n) is 4.56. The Morgan fingerprint density at radius 1 is 1.18 bits per heavy atom. The number of rotatable bonds is 8. The number of nitrogens with one attached hydrogen (secondary N) is 1. The van der Waals surface area contributed by atoms with Gasteiger partial charge in [0.2, 0.25) is 0 Å². The third-order valence-electron chi connectivity index (χ3n) is 3.03. The molecule has 1 heterocycles. The molecule has 1 amide bonds. The van der Waals surface area contributed by atoms with Gasteiger partial charge >= 0.3 is 0 Å². The maximum absolute atomic E-state index is 12.0. The van der Waals surface area contributed by atoms with E-state index in [2.05, 4.69) is 5.48 Å². The van der Waals surface area contributed by atoms with Gasteiger partial charge in [-0.05, 0) is 30.7 Å². The summed E-state index contributed by atoms with van der Waals surface area (Å²) in [4.78, 5) is 17.2. The average molecular weight is 305 g/mol. The van der Waals surface area contributed by atoms with E-state index in [1.54, 1.807) is 24.5 Å². The van der Waals surface area contributed by atoms with Crippen LogP contribution in [0.5, 0.6) is 11.5 Å². The van der Waals surface area contributed by atoms with Gasteiger partial charge in [-0.25, -0.2) is 5.48 Å². The Hall–Kier alpha value is -2.47. The molecule has 2 aromatic rings. The lowest BCUT2D eigenvalue weighted by molar-refractivity contribution is 0.0301. The zero-order chi connectivity index (χ0) is 15.8. The SMILES string of the molecule is COc1cc(OC)cc(C(=O)NOCCCc2ccco2)c1. The number of hydroxylamine groups is 1. The molecular formula is C16H19NO5. The van der Waals surface area contributed by atoms with Gasteiger partial charge in [0.1, 0.15) is 17.3 Å². The van der Waals surface area contributed by atoms with Crippen molar-refractivity contribution in [2.75, 3.05) is 20.8 Å². The summed E-state index contributed by atoms with van der Waals surface area (Å²) in [6.45, 7) is 0.396. The summed E-state index contributed by atoms with van der Waals surface area (Å²) in [5, 5.41) is 0. The fraction of sp³-hybridized carbons (Fsp3) is 0.312. The van der Waals surface area contributed by atoms with E-state index in [4.69, 9.17) is 18.7 Å². The minimum Gasteiger partial charge on any atom is -0.497 e. The topological polar surface area (TPSA) is 69.9 Å². The monoisotopic (exact) mass is 305 g/mol. The molecule has 1 aromatic carbocycles. The number of hydrogen-bond donors (Lipinski definition) is 1. The van der Waals surface area contributed by atoms with Crippen LogP contribution in [0.2, 0.25) is 0 Å². The first-order valence-electron chi connectivity index (χ1n) is 6.90. The van der Waals surface area contributed by atoms with Crippen molar-refractivity contribution in [1.29, 1.82) is 0 Å². The van der Waals surface area contributed by atoms with Crippen molar-refractivity contribution in [2.24, 2.45) is 0 Å². The second kappa shape index (κ2) is 8.09. The molecule has 118 valence electrons. The molecule has 0 unspecified atom stereocenters. The summed E-state index contributed by atoms with van der Waals surface area (Å²) < 4.78 is 15.5. The molecule has 2 rings (SSSR count). The van der Waals surface area contributed by atoms with E-state index in [1.807, 2.05) is 12.1 Å². The van der Waals surface area contributed by atoms with Gasteiger partial charge in [-0.1, -0.05) is 0 Å². The number of hydrogen-bond acceptors (Lipinski definition) is 5. The van der Waals surface area contributed by atoms with Crippen molar-refractivity contribution in [2.45, 2.75) is 12.8 Å². The van der Waals surface area contributed by atoms with E-state index in [9.17, 15) is 4.79 Å². The summed E-state index contributed by atoms with van der Waals surface area (Å²) >= 11 is 0. The van der Waals surface area contributed by atoms with Crippen molar-refractivity contribution in [1.82, 2.24) is 5.48 Å². The van der Waals surface area contributed by atoms with Gasteiger partial charge in [-0.3, -0.25) is 9.63 Å². The molecule has 1 aromatic heterocycles. The van der Waals surface area contributed by atoms with Gasteiger partial charge in [-0.15, -0.1) is 0 Å². The smallest absolute Gasteiger partial charge is 0.275 e. The Bertz CT molecular complexity index is 572. The highest BCUT2D eigenvalue weighted by atomic mass is 16.6. The second-order valence-corrected chi connectivity index (χ2v) is 4.56. The number of amides is 1. The molecule has 0 aliphatic carbocycles. The largest absolute Gasteiger partial charge is 0.497 e. The molecule has 0 spiro atoms. The fourth-order valence-corrected chi connectivity index (χ4v) is 1.89. The van der Waals surface area contributed by atoms with Gasteiger partial charge in [0, 0.05) is 18.1 Å². The molecule has 0 saturated heterocycles. The van der Waals surface area contributed by atoms with E-state index >= 15 is 0 Å². The molecular weight excluding hydrogens is 286 g/mol. The molecule has 6 heteroatoms. The maximum Gasteiger partial charge on any atom is 0.275 e. The zero-order valence-electron chi connectivity index (χ0n) is 12.6. The highest BCUT2D eigenvalue weighted by Crippen LogP contribution is 2.22. The first-order chi connectivity index (χ1) is 10.7.